The molecule has 1 aliphatic heterocycles. The average Bonchev–Trinajstić information content (AvgIpc) is 2.28. The summed E-state index contributed by atoms with van der Waals surface area (Å²) in [4.78, 5) is 24.2. The highest BCUT2D eigenvalue weighted by Gasteiger charge is 2.41. The topological polar surface area (TPSA) is 52.6 Å². The molecular formula is C18H36Cl2N2O4. The number of esters is 2. The zero-order chi connectivity index (χ0) is 18.8. The Morgan fingerprint density at radius 1 is 0.692 bits per heavy atom. The third-order valence-electron chi connectivity index (χ3n) is 4.22. The molecule has 0 amide bonds. The van der Waals surface area contributed by atoms with Crippen LogP contribution < -0.4 is 24.8 Å². The van der Waals surface area contributed by atoms with E-state index in [4.69, 9.17) is 9.47 Å². The van der Waals surface area contributed by atoms with E-state index in [0.29, 0.717) is 22.1 Å². The maximum atomic E-state index is 12.1. The van der Waals surface area contributed by atoms with Gasteiger partial charge in [0.1, 0.15) is 37.4 Å². The molecular weight excluding hydrogens is 379 g/mol. The SMILES string of the molecule is CC(C)(C)OC(=O)C[N+]1(C)CC[N+](C)(CC(=O)OC(C)(C)C)CC1.[Cl-].[Cl-]. The van der Waals surface area contributed by atoms with Crippen LogP contribution in [0.4, 0.5) is 0 Å². The van der Waals surface area contributed by atoms with Gasteiger partial charge >= 0.3 is 11.9 Å². The second-order valence-electron chi connectivity index (χ2n) is 9.62. The first-order chi connectivity index (χ1) is 10.6. The van der Waals surface area contributed by atoms with Crippen LogP contribution in [0.25, 0.3) is 0 Å². The molecule has 0 spiro atoms. The summed E-state index contributed by atoms with van der Waals surface area (Å²) in [6.45, 7) is 15.4. The summed E-state index contributed by atoms with van der Waals surface area (Å²) < 4.78 is 12.2. The Labute approximate surface area is 171 Å². The number of rotatable bonds is 4. The number of carbonyl (C=O) groups is 2. The minimum absolute atomic E-state index is 0. The molecule has 0 N–H and O–H groups in total. The Morgan fingerprint density at radius 2 is 0.923 bits per heavy atom. The van der Waals surface area contributed by atoms with E-state index in [9.17, 15) is 9.59 Å². The standard InChI is InChI=1S/C18H36N2O4.2ClH/c1-17(2,3)23-15(21)13-19(7)9-11-20(8,12-10-19)14-16(22)24-18(4,5)6;;/h9-14H2,1-8H3;2*1H/q+2;;/p-2. The molecule has 0 aliphatic carbocycles. The molecule has 0 aromatic rings. The van der Waals surface area contributed by atoms with Crippen LogP contribution in [-0.4, -0.2) is 85.5 Å². The lowest BCUT2D eigenvalue weighted by atomic mass is 10.2. The lowest BCUT2D eigenvalue weighted by molar-refractivity contribution is -1.01. The molecule has 0 aromatic carbocycles. The first kappa shape index (κ1) is 27.7. The van der Waals surface area contributed by atoms with E-state index in [0.717, 1.165) is 26.2 Å². The molecule has 0 aromatic heterocycles. The molecule has 26 heavy (non-hydrogen) atoms. The lowest BCUT2D eigenvalue weighted by Gasteiger charge is -2.45. The number of hydrogen-bond acceptors (Lipinski definition) is 4. The minimum Gasteiger partial charge on any atom is -1.00 e. The molecule has 6 nitrogen and oxygen atoms in total. The number of hydrogen-bond donors (Lipinski definition) is 0. The van der Waals surface area contributed by atoms with Crippen LogP contribution in [0.5, 0.6) is 0 Å². The van der Waals surface area contributed by atoms with Crippen LogP contribution >= 0.6 is 0 Å². The Balaban J connectivity index is 0. The number of piperazine rings is 1. The molecule has 1 fully saturated rings. The van der Waals surface area contributed by atoms with Crippen LogP contribution in [-0.2, 0) is 19.1 Å². The quantitative estimate of drug-likeness (QED) is 0.344. The highest BCUT2D eigenvalue weighted by atomic mass is 35.5. The largest absolute Gasteiger partial charge is 1.00 e. The smallest absolute Gasteiger partial charge is 0.362 e. The fraction of sp³-hybridized carbons (Fsp3) is 0.889. The van der Waals surface area contributed by atoms with Gasteiger partial charge in [-0.25, -0.2) is 9.59 Å². The lowest BCUT2D eigenvalue weighted by Crippen LogP contribution is -3.00. The van der Waals surface area contributed by atoms with Gasteiger partial charge in [0.15, 0.2) is 13.1 Å². The van der Waals surface area contributed by atoms with Crippen molar-refractivity contribution in [3.05, 3.63) is 0 Å². The summed E-state index contributed by atoms with van der Waals surface area (Å²) >= 11 is 0. The van der Waals surface area contributed by atoms with Gasteiger partial charge in [-0.3, -0.25) is 0 Å². The zero-order valence-corrected chi connectivity index (χ0v) is 19.0. The summed E-state index contributed by atoms with van der Waals surface area (Å²) in [6, 6.07) is 0. The second-order valence-corrected chi connectivity index (χ2v) is 9.62. The van der Waals surface area contributed by atoms with Crippen LogP contribution in [0.2, 0.25) is 0 Å². The van der Waals surface area contributed by atoms with Gasteiger partial charge in [-0.1, -0.05) is 0 Å². The predicted octanol–water partition coefficient (Wildman–Crippen LogP) is -4.42. The summed E-state index contributed by atoms with van der Waals surface area (Å²) in [7, 11) is 4.17. The molecule has 1 aliphatic rings. The molecule has 0 atom stereocenters. The first-order valence-electron chi connectivity index (χ1n) is 8.72. The van der Waals surface area contributed by atoms with Gasteiger partial charge in [0, 0.05) is 0 Å². The highest BCUT2D eigenvalue weighted by molar-refractivity contribution is 5.71. The van der Waals surface area contributed by atoms with Crippen molar-refractivity contribution in [1.29, 1.82) is 0 Å². The fourth-order valence-electron chi connectivity index (χ4n) is 2.88. The van der Waals surface area contributed by atoms with Crippen LogP contribution in [0, 0.1) is 0 Å². The average molecular weight is 415 g/mol. The van der Waals surface area contributed by atoms with Gasteiger partial charge in [-0.15, -0.1) is 0 Å². The van der Waals surface area contributed by atoms with E-state index in [1.54, 1.807) is 0 Å². The Morgan fingerprint density at radius 3 is 1.12 bits per heavy atom. The highest BCUT2D eigenvalue weighted by Crippen LogP contribution is 2.18. The van der Waals surface area contributed by atoms with E-state index in [1.165, 1.54) is 0 Å². The van der Waals surface area contributed by atoms with Crippen molar-refractivity contribution in [2.24, 2.45) is 0 Å². The maximum absolute atomic E-state index is 12.1. The number of halogens is 2. The van der Waals surface area contributed by atoms with Gasteiger partial charge < -0.3 is 43.3 Å². The number of likely N-dealkylation sites (N-methyl/N-ethyl adjacent to an activating group) is 2. The van der Waals surface area contributed by atoms with Crippen molar-refractivity contribution in [2.45, 2.75) is 52.7 Å². The van der Waals surface area contributed by atoms with Crippen molar-refractivity contribution in [1.82, 2.24) is 0 Å². The molecule has 1 saturated heterocycles. The third kappa shape index (κ3) is 10.6. The number of quaternary nitrogens is 2. The van der Waals surface area contributed by atoms with Gasteiger partial charge in [0.25, 0.3) is 0 Å². The normalized spacial score (nSPS) is 26.2. The fourth-order valence-corrected chi connectivity index (χ4v) is 2.88. The Hall–Kier alpha value is -0.560. The molecule has 0 radical (unpaired) electrons. The molecule has 156 valence electrons. The maximum Gasteiger partial charge on any atom is 0.362 e. The van der Waals surface area contributed by atoms with Crippen LogP contribution in [0.15, 0.2) is 0 Å². The molecule has 0 bridgehead atoms. The van der Waals surface area contributed by atoms with Crippen molar-refractivity contribution < 1.29 is 52.8 Å². The molecule has 1 heterocycles. The van der Waals surface area contributed by atoms with Gasteiger partial charge in [0.2, 0.25) is 0 Å². The zero-order valence-electron chi connectivity index (χ0n) is 17.5. The Kier molecular flexibility index (Phi) is 10.2. The second kappa shape index (κ2) is 9.58. The summed E-state index contributed by atoms with van der Waals surface area (Å²) in [5, 5.41) is 0. The van der Waals surface area contributed by atoms with Crippen LogP contribution in [0.3, 0.4) is 0 Å². The summed E-state index contributed by atoms with van der Waals surface area (Å²) in [5.41, 5.74) is -0.902. The van der Waals surface area contributed by atoms with Crippen molar-refractivity contribution in [3.63, 3.8) is 0 Å². The predicted molar refractivity (Wildman–Crippen MR) is 93.3 cm³/mol. The minimum atomic E-state index is -0.451. The van der Waals surface area contributed by atoms with E-state index >= 15 is 0 Å². The monoisotopic (exact) mass is 414 g/mol. The number of ether oxygens (including phenoxy) is 2. The van der Waals surface area contributed by atoms with E-state index < -0.39 is 11.2 Å². The van der Waals surface area contributed by atoms with Crippen LogP contribution in [0.1, 0.15) is 41.5 Å². The summed E-state index contributed by atoms with van der Waals surface area (Å²) in [5.74, 6) is -0.318. The van der Waals surface area contributed by atoms with Crippen molar-refractivity contribution >= 4 is 11.9 Å². The van der Waals surface area contributed by atoms with E-state index in [2.05, 4.69) is 14.1 Å². The molecule has 0 unspecified atom stereocenters. The Bertz CT molecular complexity index is 433. The van der Waals surface area contributed by atoms with Gasteiger partial charge in [-0.05, 0) is 41.5 Å². The van der Waals surface area contributed by atoms with Crippen molar-refractivity contribution in [2.75, 3.05) is 53.4 Å². The number of carbonyl (C=O) groups excluding carboxylic acids is 2. The first-order valence-corrected chi connectivity index (χ1v) is 8.72. The van der Waals surface area contributed by atoms with Gasteiger partial charge in [-0.2, -0.15) is 0 Å². The van der Waals surface area contributed by atoms with E-state index in [1.807, 2.05) is 41.5 Å². The third-order valence-corrected chi connectivity index (χ3v) is 4.22. The van der Waals surface area contributed by atoms with Crippen molar-refractivity contribution in [3.8, 4) is 0 Å². The molecule has 8 heteroatoms. The number of nitrogens with zero attached hydrogens (tertiary/aromatic N) is 2. The molecule has 1 rings (SSSR count). The van der Waals surface area contributed by atoms with E-state index in [-0.39, 0.29) is 36.8 Å². The van der Waals surface area contributed by atoms with Gasteiger partial charge in [0.05, 0.1) is 14.1 Å². The molecule has 0 saturated carbocycles. The summed E-state index contributed by atoms with van der Waals surface area (Å²) in [6.07, 6.45) is 0.